The number of hydrogen-bond donors (Lipinski definition) is 4. The van der Waals surface area contributed by atoms with E-state index in [0.717, 1.165) is 5.56 Å². The van der Waals surface area contributed by atoms with Crippen molar-refractivity contribution in [3.63, 3.8) is 0 Å². The van der Waals surface area contributed by atoms with E-state index in [9.17, 15) is 18.8 Å². The number of halogens is 1. The van der Waals surface area contributed by atoms with E-state index >= 15 is 0 Å². The van der Waals surface area contributed by atoms with Gasteiger partial charge in [-0.3, -0.25) is 9.59 Å². The van der Waals surface area contributed by atoms with Crippen LogP contribution in [0.25, 0.3) is 0 Å². The summed E-state index contributed by atoms with van der Waals surface area (Å²) in [5.41, 5.74) is 2.23. The summed E-state index contributed by atoms with van der Waals surface area (Å²) < 4.78 is 13.6. The van der Waals surface area contributed by atoms with E-state index in [1.54, 1.807) is 54.7 Å². The predicted molar refractivity (Wildman–Crippen MR) is 123 cm³/mol. The first-order valence-electron chi connectivity index (χ1n) is 10.3. The van der Waals surface area contributed by atoms with Crippen LogP contribution in [0.4, 0.5) is 20.7 Å². The fourth-order valence-electron chi connectivity index (χ4n) is 2.84. The number of anilines is 2. The summed E-state index contributed by atoms with van der Waals surface area (Å²) in [6, 6.07) is 15.5. The van der Waals surface area contributed by atoms with Gasteiger partial charge in [0.2, 0.25) is 5.91 Å². The van der Waals surface area contributed by atoms with E-state index in [-0.39, 0.29) is 37.1 Å². The Bertz CT molecular complexity index is 1120. The Hall–Kier alpha value is -4.27. The molecule has 0 fully saturated rings. The quantitative estimate of drug-likeness (QED) is 0.421. The third-order valence-corrected chi connectivity index (χ3v) is 4.62. The average molecular weight is 449 g/mol. The molecule has 170 valence electrons. The number of amides is 4. The predicted octanol–water partition coefficient (Wildman–Crippen LogP) is 3.61. The second kappa shape index (κ2) is 11.4. The molecule has 0 atom stereocenters. The van der Waals surface area contributed by atoms with Crippen molar-refractivity contribution in [3.05, 3.63) is 89.4 Å². The average Bonchev–Trinajstić information content (AvgIpc) is 2.80. The van der Waals surface area contributed by atoms with Gasteiger partial charge >= 0.3 is 6.03 Å². The van der Waals surface area contributed by atoms with Gasteiger partial charge in [-0.25, -0.2) is 14.2 Å². The maximum absolute atomic E-state index is 13.6. The zero-order valence-corrected chi connectivity index (χ0v) is 18.0. The SMILES string of the molecule is Cc1ccc(NC(=O)CCNC(=O)Nc2ccc(C(=O)NCc3ccccc3F)cc2)nc1. The van der Waals surface area contributed by atoms with Gasteiger partial charge in [0.15, 0.2) is 0 Å². The molecule has 0 saturated carbocycles. The number of urea groups is 1. The first-order valence-corrected chi connectivity index (χ1v) is 10.3. The highest BCUT2D eigenvalue weighted by Crippen LogP contribution is 2.11. The molecule has 3 rings (SSSR count). The van der Waals surface area contributed by atoms with E-state index < -0.39 is 6.03 Å². The number of aromatic nitrogens is 1. The minimum atomic E-state index is -0.479. The summed E-state index contributed by atoms with van der Waals surface area (Å²) in [5, 5.41) is 10.5. The number of benzene rings is 2. The summed E-state index contributed by atoms with van der Waals surface area (Å²) >= 11 is 0. The second-order valence-corrected chi connectivity index (χ2v) is 7.25. The summed E-state index contributed by atoms with van der Waals surface area (Å²) in [4.78, 5) is 40.3. The zero-order chi connectivity index (χ0) is 23.6. The molecule has 0 bridgehead atoms. The molecule has 0 aliphatic carbocycles. The van der Waals surface area contributed by atoms with E-state index in [1.165, 1.54) is 6.07 Å². The summed E-state index contributed by atoms with van der Waals surface area (Å²) in [7, 11) is 0. The third kappa shape index (κ3) is 7.42. The molecule has 0 radical (unpaired) electrons. The van der Waals surface area contributed by atoms with Crippen molar-refractivity contribution >= 4 is 29.4 Å². The fraction of sp³-hybridized carbons (Fsp3) is 0.167. The van der Waals surface area contributed by atoms with Crippen molar-refractivity contribution in [2.45, 2.75) is 19.9 Å². The Labute approximate surface area is 190 Å². The van der Waals surface area contributed by atoms with Crippen molar-refractivity contribution < 1.29 is 18.8 Å². The topological polar surface area (TPSA) is 112 Å². The highest BCUT2D eigenvalue weighted by atomic mass is 19.1. The van der Waals surface area contributed by atoms with Crippen molar-refractivity contribution in [1.29, 1.82) is 0 Å². The number of aryl methyl sites for hydroxylation is 1. The lowest BCUT2D eigenvalue weighted by molar-refractivity contribution is -0.116. The first-order chi connectivity index (χ1) is 15.9. The molecule has 9 heteroatoms. The highest BCUT2D eigenvalue weighted by molar-refractivity contribution is 5.95. The molecule has 0 spiro atoms. The number of nitrogens with zero attached hydrogens (tertiary/aromatic N) is 1. The summed E-state index contributed by atoms with van der Waals surface area (Å²) in [5.74, 6) is -0.554. The fourth-order valence-corrected chi connectivity index (χ4v) is 2.84. The van der Waals surface area contributed by atoms with Crippen LogP contribution in [0.1, 0.15) is 27.9 Å². The van der Waals surface area contributed by atoms with Gasteiger partial charge in [-0.15, -0.1) is 0 Å². The van der Waals surface area contributed by atoms with Gasteiger partial charge in [0.1, 0.15) is 11.6 Å². The number of nitrogens with one attached hydrogen (secondary N) is 4. The number of rotatable bonds is 8. The lowest BCUT2D eigenvalue weighted by Gasteiger charge is -2.09. The molecule has 4 N–H and O–H groups in total. The van der Waals surface area contributed by atoms with Crippen molar-refractivity contribution in [2.24, 2.45) is 0 Å². The van der Waals surface area contributed by atoms with Crippen molar-refractivity contribution in [3.8, 4) is 0 Å². The molecule has 3 aromatic rings. The Morgan fingerprint density at radius 3 is 2.36 bits per heavy atom. The van der Waals surface area contributed by atoms with Crippen LogP contribution < -0.4 is 21.3 Å². The van der Waals surface area contributed by atoms with Crippen LogP contribution in [0.15, 0.2) is 66.9 Å². The van der Waals surface area contributed by atoms with Crippen LogP contribution in [0.3, 0.4) is 0 Å². The third-order valence-electron chi connectivity index (χ3n) is 4.62. The van der Waals surface area contributed by atoms with Gasteiger partial charge in [-0.05, 0) is 48.9 Å². The van der Waals surface area contributed by atoms with Gasteiger partial charge in [0, 0.05) is 42.5 Å². The first kappa shape index (κ1) is 23.4. The lowest BCUT2D eigenvalue weighted by Crippen LogP contribution is -2.31. The maximum atomic E-state index is 13.6. The molecule has 1 heterocycles. The molecule has 8 nitrogen and oxygen atoms in total. The van der Waals surface area contributed by atoms with Crippen molar-refractivity contribution in [2.75, 3.05) is 17.2 Å². The Morgan fingerprint density at radius 2 is 1.67 bits per heavy atom. The van der Waals surface area contributed by atoms with Crippen LogP contribution in [-0.4, -0.2) is 29.4 Å². The standard InChI is InChI=1S/C24H24FN5O3/c1-16-6-11-21(27-14-16)30-22(31)12-13-26-24(33)29-19-9-7-17(8-10-19)23(32)28-15-18-4-2-3-5-20(18)25/h2-11,14H,12-13,15H2,1H3,(H,28,32)(H2,26,29,33)(H,27,30,31). The Balaban J connectivity index is 1.39. The Morgan fingerprint density at radius 1 is 0.909 bits per heavy atom. The van der Waals surface area contributed by atoms with Gasteiger partial charge in [-0.1, -0.05) is 24.3 Å². The summed E-state index contributed by atoms with van der Waals surface area (Å²) in [6.07, 6.45) is 1.74. The van der Waals surface area contributed by atoms with Gasteiger partial charge in [0.05, 0.1) is 0 Å². The number of carbonyl (C=O) groups is 3. The number of hydrogen-bond acceptors (Lipinski definition) is 4. The zero-order valence-electron chi connectivity index (χ0n) is 18.0. The highest BCUT2D eigenvalue weighted by Gasteiger charge is 2.09. The number of carbonyl (C=O) groups excluding carboxylic acids is 3. The lowest BCUT2D eigenvalue weighted by atomic mass is 10.1. The van der Waals surface area contributed by atoms with Crippen LogP contribution in [0, 0.1) is 12.7 Å². The Kier molecular flexibility index (Phi) is 8.07. The smallest absolute Gasteiger partial charge is 0.319 e. The molecule has 0 saturated heterocycles. The largest absolute Gasteiger partial charge is 0.348 e. The van der Waals surface area contributed by atoms with Crippen molar-refractivity contribution in [1.82, 2.24) is 15.6 Å². The molecule has 1 aromatic heterocycles. The van der Waals surface area contributed by atoms with Gasteiger partial charge in [0.25, 0.3) is 5.91 Å². The van der Waals surface area contributed by atoms with Gasteiger partial charge in [-0.2, -0.15) is 0 Å². The molecule has 0 unspecified atom stereocenters. The molecular formula is C24H24FN5O3. The normalized spacial score (nSPS) is 10.2. The minimum absolute atomic E-state index is 0.0709. The van der Waals surface area contributed by atoms with E-state index in [0.29, 0.717) is 22.6 Å². The summed E-state index contributed by atoms with van der Waals surface area (Å²) in [6.45, 7) is 2.11. The molecule has 4 amide bonds. The minimum Gasteiger partial charge on any atom is -0.348 e. The van der Waals surface area contributed by atoms with Crippen LogP contribution in [0.5, 0.6) is 0 Å². The monoisotopic (exact) mass is 449 g/mol. The van der Waals surface area contributed by atoms with Gasteiger partial charge < -0.3 is 21.3 Å². The molecular weight excluding hydrogens is 425 g/mol. The number of pyridine rings is 1. The maximum Gasteiger partial charge on any atom is 0.319 e. The molecule has 2 aromatic carbocycles. The van der Waals surface area contributed by atoms with E-state index in [4.69, 9.17) is 0 Å². The van der Waals surface area contributed by atoms with Crippen LogP contribution in [0.2, 0.25) is 0 Å². The van der Waals surface area contributed by atoms with Crippen LogP contribution >= 0.6 is 0 Å². The van der Waals surface area contributed by atoms with E-state index in [2.05, 4.69) is 26.3 Å². The molecule has 33 heavy (non-hydrogen) atoms. The van der Waals surface area contributed by atoms with E-state index in [1.807, 2.05) is 13.0 Å². The molecule has 0 aliphatic heterocycles. The molecule has 0 aliphatic rings. The second-order valence-electron chi connectivity index (χ2n) is 7.25. The van der Waals surface area contributed by atoms with Crippen LogP contribution in [-0.2, 0) is 11.3 Å².